The summed E-state index contributed by atoms with van der Waals surface area (Å²) in [5, 5.41) is 17.9. The zero-order valence-corrected chi connectivity index (χ0v) is 19.6. The van der Waals surface area contributed by atoms with Crippen LogP contribution in [-0.2, 0) is 4.74 Å². The molecule has 0 saturated carbocycles. The SMILES string of the molecule is Cc1cc(Br)c(Nc2nc(NN=Cc3ccccc3O)nc(N3CCOCC3)n2)cc1Cl. The Balaban J connectivity index is 1.62. The molecule has 0 amide bonds. The summed E-state index contributed by atoms with van der Waals surface area (Å²) in [4.78, 5) is 15.5. The highest BCUT2D eigenvalue weighted by Crippen LogP contribution is 2.31. The fraction of sp³-hybridized carbons (Fsp3) is 0.238. The average molecular weight is 519 g/mol. The minimum atomic E-state index is 0.131. The summed E-state index contributed by atoms with van der Waals surface area (Å²) >= 11 is 9.83. The van der Waals surface area contributed by atoms with E-state index >= 15 is 0 Å². The van der Waals surface area contributed by atoms with Gasteiger partial charge in [-0.25, -0.2) is 5.43 Å². The number of aromatic nitrogens is 3. The lowest BCUT2D eigenvalue weighted by Crippen LogP contribution is -2.37. The predicted molar refractivity (Wildman–Crippen MR) is 129 cm³/mol. The number of halogens is 2. The number of aryl methyl sites for hydroxylation is 1. The molecule has 0 atom stereocenters. The van der Waals surface area contributed by atoms with Gasteiger partial charge < -0.3 is 20.1 Å². The van der Waals surface area contributed by atoms with E-state index in [0.717, 1.165) is 15.7 Å². The molecule has 1 fully saturated rings. The van der Waals surface area contributed by atoms with E-state index in [9.17, 15) is 5.11 Å². The maximum absolute atomic E-state index is 9.89. The van der Waals surface area contributed by atoms with Gasteiger partial charge in [-0.1, -0.05) is 23.7 Å². The van der Waals surface area contributed by atoms with E-state index in [0.29, 0.717) is 48.8 Å². The summed E-state index contributed by atoms with van der Waals surface area (Å²) < 4.78 is 6.26. The first-order valence-corrected chi connectivity index (χ1v) is 11.1. The minimum Gasteiger partial charge on any atom is -0.507 e. The Labute approximate surface area is 198 Å². The Morgan fingerprint density at radius 3 is 2.69 bits per heavy atom. The van der Waals surface area contributed by atoms with E-state index in [-0.39, 0.29) is 11.7 Å². The molecular formula is C21H21BrClN7O2. The van der Waals surface area contributed by atoms with Gasteiger partial charge in [0.05, 0.1) is 25.1 Å². The van der Waals surface area contributed by atoms with E-state index in [1.165, 1.54) is 6.21 Å². The van der Waals surface area contributed by atoms with Gasteiger partial charge in [-0.15, -0.1) is 0 Å². The average Bonchev–Trinajstić information content (AvgIpc) is 2.79. The number of para-hydroxylation sites is 1. The van der Waals surface area contributed by atoms with Gasteiger partial charge in [0, 0.05) is 28.1 Å². The maximum Gasteiger partial charge on any atom is 0.250 e. The Hall–Kier alpha value is -2.95. The second-order valence-corrected chi connectivity index (χ2v) is 8.28. The molecular weight excluding hydrogens is 498 g/mol. The van der Waals surface area contributed by atoms with E-state index in [1.54, 1.807) is 18.2 Å². The fourth-order valence-electron chi connectivity index (χ4n) is 2.99. The van der Waals surface area contributed by atoms with Gasteiger partial charge in [0.15, 0.2) is 0 Å². The number of phenolic OH excluding ortho intramolecular Hbond substituents is 1. The standard InChI is InChI=1S/C21H21BrClN7O2/c1-13-10-15(22)17(11-16(13)23)25-19-26-20(28-21(27-19)30-6-8-32-9-7-30)29-24-12-14-4-2-3-5-18(14)31/h2-5,10-12,31H,6-9H2,1H3,(H2,25,26,27,28,29). The molecule has 3 aromatic rings. The number of rotatable bonds is 6. The highest BCUT2D eigenvalue weighted by molar-refractivity contribution is 9.10. The van der Waals surface area contributed by atoms with Gasteiger partial charge in [0.2, 0.25) is 17.8 Å². The first-order valence-electron chi connectivity index (χ1n) is 9.88. The van der Waals surface area contributed by atoms with Gasteiger partial charge in [-0.2, -0.15) is 20.1 Å². The van der Waals surface area contributed by atoms with Gasteiger partial charge in [0.25, 0.3) is 0 Å². The second-order valence-electron chi connectivity index (χ2n) is 7.02. The van der Waals surface area contributed by atoms with Crippen molar-refractivity contribution in [2.24, 2.45) is 5.10 Å². The molecule has 2 aromatic carbocycles. The number of benzene rings is 2. The zero-order valence-electron chi connectivity index (χ0n) is 17.2. The molecule has 3 N–H and O–H groups in total. The number of nitrogens with zero attached hydrogens (tertiary/aromatic N) is 5. The lowest BCUT2D eigenvalue weighted by molar-refractivity contribution is 0.122. The van der Waals surface area contributed by atoms with Crippen molar-refractivity contribution in [3.05, 3.63) is 57.0 Å². The second kappa shape index (κ2) is 10.1. The lowest BCUT2D eigenvalue weighted by Gasteiger charge is -2.27. The van der Waals surface area contributed by atoms with Crippen LogP contribution in [0.2, 0.25) is 5.02 Å². The zero-order chi connectivity index (χ0) is 22.5. The van der Waals surface area contributed by atoms with Crippen molar-refractivity contribution in [1.29, 1.82) is 0 Å². The van der Waals surface area contributed by atoms with E-state index in [4.69, 9.17) is 16.3 Å². The quantitative estimate of drug-likeness (QED) is 0.327. The number of hydrazone groups is 1. The fourth-order valence-corrected chi connectivity index (χ4v) is 3.71. The highest BCUT2D eigenvalue weighted by Gasteiger charge is 2.17. The molecule has 0 spiro atoms. The van der Waals surface area contributed by atoms with Crippen molar-refractivity contribution < 1.29 is 9.84 Å². The van der Waals surface area contributed by atoms with Crippen LogP contribution in [0, 0.1) is 6.92 Å². The van der Waals surface area contributed by atoms with Crippen LogP contribution in [0.4, 0.5) is 23.5 Å². The number of nitrogens with one attached hydrogen (secondary N) is 2. The molecule has 32 heavy (non-hydrogen) atoms. The third-order valence-corrected chi connectivity index (χ3v) is 5.78. The van der Waals surface area contributed by atoms with Gasteiger partial charge in [-0.3, -0.25) is 0 Å². The van der Waals surface area contributed by atoms with Crippen LogP contribution < -0.4 is 15.6 Å². The number of ether oxygens (including phenoxy) is 1. The normalized spacial score (nSPS) is 14.0. The summed E-state index contributed by atoms with van der Waals surface area (Å²) in [7, 11) is 0. The van der Waals surface area contributed by atoms with Crippen LogP contribution in [0.3, 0.4) is 0 Å². The first kappa shape index (κ1) is 22.3. The summed E-state index contributed by atoms with van der Waals surface area (Å²) in [5.41, 5.74) is 5.07. The molecule has 0 unspecified atom stereocenters. The monoisotopic (exact) mass is 517 g/mol. The highest BCUT2D eigenvalue weighted by atomic mass is 79.9. The van der Waals surface area contributed by atoms with Crippen LogP contribution >= 0.6 is 27.5 Å². The number of hydrogen-bond donors (Lipinski definition) is 3. The number of phenols is 1. The van der Waals surface area contributed by atoms with Crippen molar-refractivity contribution in [3.8, 4) is 5.75 Å². The van der Waals surface area contributed by atoms with Crippen LogP contribution in [-0.4, -0.2) is 52.6 Å². The summed E-state index contributed by atoms with van der Waals surface area (Å²) in [6.45, 7) is 4.47. The van der Waals surface area contributed by atoms with E-state index < -0.39 is 0 Å². The molecule has 0 radical (unpaired) electrons. The Bertz CT molecular complexity index is 1140. The lowest BCUT2D eigenvalue weighted by atomic mass is 10.2. The van der Waals surface area contributed by atoms with Crippen molar-refractivity contribution in [3.63, 3.8) is 0 Å². The van der Waals surface area contributed by atoms with Crippen LogP contribution in [0.25, 0.3) is 0 Å². The third-order valence-electron chi connectivity index (χ3n) is 4.72. The topological polar surface area (TPSA) is 108 Å². The van der Waals surface area contributed by atoms with E-state index in [2.05, 4.69) is 46.7 Å². The van der Waals surface area contributed by atoms with Crippen molar-refractivity contribution in [1.82, 2.24) is 15.0 Å². The maximum atomic E-state index is 9.89. The third kappa shape index (κ3) is 5.45. The van der Waals surface area contributed by atoms with Gasteiger partial charge in [0.1, 0.15) is 5.75 Å². The molecule has 2 heterocycles. The van der Waals surface area contributed by atoms with Crippen LogP contribution in [0.5, 0.6) is 5.75 Å². The van der Waals surface area contributed by atoms with Crippen molar-refractivity contribution in [2.75, 3.05) is 41.9 Å². The molecule has 11 heteroatoms. The molecule has 1 saturated heterocycles. The molecule has 0 aliphatic carbocycles. The summed E-state index contributed by atoms with van der Waals surface area (Å²) in [6, 6.07) is 10.6. The van der Waals surface area contributed by atoms with Gasteiger partial charge in [-0.05, 0) is 52.7 Å². The van der Waals surface area contributed by atoms with E-state index in [1.807, 2.05) is 30.0 Å². The van der Waals surface area contributed by atoms with Gasteiger partial charge >= 0.3 is 0 Å². The number of anilines is 4. The number of morpholine rings is 1. The summed E-state index contributed by atoms with van der Waals surface area (Å²) in [5.74, 6) is 1.22. The molecule has 9 nitrogen and oxygen atoms in total. The van der Waals surface area contributed by atoms with Crippen LogP contribution in [0.1, 0.15) is 11.1 Å². The molecule has 166 valence electrons. The van der Waals surface area contributed by atoms with Crippen molar-refractivity contribution in [2.45, 2.75) is 6.92 Å². The smallest absolute Gasteiger partial charge is 0.250 e. The molecule has 1 aliphatic rings. The Morgan fingerprint density at radius 2 is 1.91 bits per heavy atom. The Kier molecular flexibility index (Phi) is 7.03. The predicted octanol–water partition coefficient (Wildman–Crippen LogP) is 4.33. The molecule has 0 bridgehead atoms. The van der Waals surface area contributed by atoms with Crippen LogP contribution in [0.15, 0.2) is 46.0 Å². The Morgan fingerprint density at radius 1 is 1.16 bits per heavy atom. The van der Waals surface area contributed by atoms with Crippen molar-refractivity contribution >= 4 is 57.3 Å². The molecule has 1 aromatic heterocycles. The number of aromatic hydroxyl groups is 1. The number of hydrogen-bond acceptors (Lipinski definition) is 9. The summed E-state index contributed by atoms with van der Waals surface area (Å²) in [6.07, 6.45) is 1.50. The largest absolute Gasteiger partial charge is 0.507 e. The minimum absolute atomic E-state index is 0.131. The molecule has 4 rings (SSSR count). The first-order chi connectivity index (χ1) is 15.5. The molecule has 1 aliphatic heterocycles.